The Balaban J connectivity index is 1.88. The third-order valence-electron chi connectivity index (χ3n) is 6.94. The van der Waals surface area contributed by atoms with Gasteiger partial charge in [-0.05, 0) is 55.5 Å². The molecule has 2 aromatic rings. The molecule has 2 aliphatic heterocycles. The Kier molecular flexibility index (Phi) is 6.64. The van der Waals surface area contributed by atoms with Crippen molar-refractivity contribution in [3.05, 3.63) is 65.2 Å². The summed E-state index contributed by atoms with van der Waals surface area (Å²) >= 11 is 1.56. The number of benzene rings is 2. The molecule has 0 aliphatic carbocycles. The SMILES string of the molecule is COC(=O)[C@@]1(CCSC)N[C@H](c2ccccc2C)[C@@H]2C(=O)N(c3cccc(C(C)=O)c3)C(=O)[C@H]21. The van der Waals surface area contributed by atoms with Crippen molar-refractivity contribution in [2.75, 3.05) is 24.0 Å². The first kappa shape index (κ1) is 24.2. The second kappa shape index (κ2) is 9.35. The Bertz CT molecular complexity index is 1170. The number of Topliss-reactive ketones (excluding diaryl/α,β-unsaturated/α-hetero) is 1. The Hall–Kier alpha value is -2.97. The summed E-state index contributed by atoms with van der Waals surface area (Å²) in [4.78, 5) is 54.1. The van der Waals surface area contributed by atoms with E-state index >= 15 is 0 Å². The summed E-state index contributed by atoms with van der Waals surface area (Å²) in [6, 6.07) is 13.6. The van der Waals surface area contributed by atoms with E-state index in [4.69, 9.17) is 4.74 Å². The molecule has 0 radical (unpaired) electrons. The summed E-state index contributed by atoms with van der Waals surface area (Å²) in [5.74, 6) is -2.65. The van der Waals surface area contributed by atoms with Crippen LogP contribution in [-0.4, -0.2) is 48.2 Å². The van der Waals surface area contributed by atoms with Gasteiger partial charge in [0.05, 0.1) is 24.6 Å². The number of ether oxygens (including phenoxy) is 1. The van der Waals surface area contributed by atoms with E-state index in [1.807, 2.05) is 37.4 Å². The molecule has 2 amide bonds. The van der Waals surface area contributed by atoms with Crippen LogP contribution in [0.3, 0.4) is 0 Å². The van der Waals surface area contributed by atoms with Crippen molar-refractivity contribution < 1.29 is 23.9 Å². The highest BCUT2D eigenvalue weighted by Crippen LogP contribution is 2.52. The minimum atomic E-state index is -1.34. The van der Waals surface area contributed by atoms with Crippen LogP contribution in [0.5, 0.6) is 0 Å². The molecular weight excluding hydrogens is 452 g/mol. The van der Waals surface area contributed by atoms with Crippen LogP contribution in [0.25, 0.3) is 0 Å². The van der Waals surface area contributed by atoms with Crippen molar-refractivity contribution >= 4 is 41.0 Å². The van der Waals surface area contributed by atoms with E-state index in [1.165, 1.54) is 14.0 Å². The van der Waals surface area contributed by atoms with Crippen molar-refractivity contribution in [1.29, 1.82) is 0 Å². The van der Waals surface area contributed by atoms with Gasteiger partial charge in [-0.25, -0.2) is 4.90 Å². The molecule has 4 atom stereocenters. The number of nitrogens with one attached hydrogen (secondary N) is 1. The van der Waals surface area contributed by atoms with Crippen molar-refractivity contribution in [3.8, 4) is 0 Å². The summed E-state index contributed by atoms with van der Waals surface area (Å²) < 4.78 is 5.19. The summed E-state index contributed by atoms with van der Waals surface area (Å²) in [5.41, 5.74) is 1.23. The lowest BCUT2D eigenvalue weighted by Crippen LogP contribution is -2.56. The number of amides is 2. The topological polar surface area (TPSA) is 92.8 Å². The minimum absolute atomic E-state index is 0.163. The number of thioether (sulfide) groups is 1. The Labute approximate surface area is 203 Å². The molecule has 34 heavy (non-hydrogen) atoms. The van der Waals surface area contributed by atoms with Gasteiger partial charge >= 0.3 is 5.97 Å². The molecule has 1 N–H and O–H groups in total. The Morgan fingerprint density at radius 2 is 1.85 bits per heavy atom. The minimum Gasteiger partial charge on any atom is -0.468 e. The first-order valence-electron chi connectivity index (χ1n) is 11.2. The highest BCUT2D eigenvalue weighted by atomic mass is 32.2. The lowest BCUT2D eigenvalue weighted by molar-refractivity contribution is -0.152. The lowest BCUT2D eigenvalue weighted by atomic mass is 9.77. The van der Waals surface area contributed by atoms with Gasteiger partial charge in [0.15, 0.2) is 5.78 Å². The zero-order chi connectivity index (χ0) is 24.6. The fourth-order valence-electron chi connectivity index (χ4n) is 5.29. The maximum atomic E-state index is 13.9. The van der Waals surface area contributed by atoms with Gasteiger partial charge < -0.3 is 4.74 Å². The fraction of sp³-hybridized carbons (Fsp3) is 0.385. The molecule has 4 rings (SSSR count). The standard InChI is InChI=1S/C26H28N2O5S/c1-15-8-5-6-11-19(15)22-20-21(26(27-22,12-13-34-4)25(32)33-3)24(31)28(23(20)30)18-10-7-9-17(14-18)16(2)29/h5-11,14,20-22,27H,12-13H2,1-4H3/t20-,21+,22-,26+/m1/s1. The zero-order valence-corrected chi connectivity index (χ0v) is 20.5. The molecule has 0 spiro atoms. The molecular formula is C26H28N2O5S. The first-order valence-corrected chi connectivity index (χ1v) is 12.6. The largest absolute Gasteiger partial charge is 0.468 e. The molecule has 2 saturated heterocycles. The Morgan fingerprint density at radius 1 is 1.12 bits per heavy atom. The van der Waals surface area contributed by atoms with Gasteiger partial charge in [0, 0.05) is 11.6 Å². The molecule has 8 heteroatoms. The number of carbonyl (C=O) groups excluding carboxylic acids is 4. The molecule has 2 heterocycles. The number of fused-ring (bicyclic) bond motifs is 1. The van der Waals surface area contributed by atoms with Crippen LogP contribution in [0.15, 0.2) is 48.5 Å². The molecule has 178 valence electrons. The van der Waals surface area contributed by atoms with E-state index in [2.05, 4.69) is 5.32 Å². The van der Waals surface area contributed by atoms with Crippen molar-refractivity contribution in [2.45, 2.75) is 31.8 Å². The van der Waals surface area contributed by atoms with Gasteiger partial charge in [-0.2, -0.15) is 11.8 Å². The maximum Gasteiger partial charge on any atom is 0.326 e. The molecule has 0 saturated carbocycles. The summed E-state index contributed by atoms with van der Waals surface area (Å²) in [5, 5.41) is 3.40. The van der Waals surface area contributed by atoms with E-state index in [0.29, 0.717) is 23.4 Å². The number of rotatable bonds is 7. The lowest BCUT2D eigenvalue weighted by Gasteiger charge is -2.32. The number of carbonyl (C=O) groups is 4. The van der Waals surface area contributed by atoms with Gasteiger partial charge in [-0.1, -0.05) is 36.4 Å². The van der Waals surface area contributed by atoms with E-state index < -0.39 is 35.3 Å². The quantitative estimate of drug-likeness (QED) is 0.369. The van der Waals surface area contributed by atoms with Crippen molar-refractivity contribution in [3.63, 3.8) is 0 Å². The van der Waals surface area contributed by atoms with E-state index in [-0.39, 0.29) is 11.7 Å². The van der Waals surface area contributed by atoms with E-state index in [9.17, 15) is 19.2 Å². The highest BCUT2D eigenvalue weighted by Gasteiger charge is 2.68. The number of hydrogen-bond donors (Lipinski definition) is 1. The van der Waals surface area contributed by atoms with E-state index in [0.717, 1.165) is 16.0 Å². The highest BCUT2D eigenvalue weighted by molar-refractivity contribution is 7.98. The third kappa shape index (κ3) is 3.75. The summed E-state index contributed by atoms with van der Waals surface area (Å²) in [6.07, 6.45) is 2.27. The van der Waals surface area contributed by atoms with E-state index in [1.54, 1.807) is 36.0 Å². The van der Waals surface area contributed by atoms with Crippen LogP contribution >= 0.6 is 11.8 Å². The van der Waals surface area contributed by atoms with Gasteiger partial charge in [0.2, 0.25) is 11.8 Å². The number of nitrogens with zero attached hydrogens (tertiary/aromatic N) is 1. The first-order chi connectivity index (χ1) is 16.3. The second-order valence-corrected chi connectivity index (χ2v) is 9.79. The van der Waals surface area contributed by atoms with Crippen molar-refractivity contribution in [2.24, 2.45) is 11.8 Å². The average Bonchev–Trinajstić information content (AvgIpc) is 3.31. The summed E-state index contributed by atoms with van der Waals surface area (Å²) in [6.45, 7) is 3.38. The van der Waals surface area contributed by atoms with Crippen LogP contribution in [0.1, 0.15) is 40.9 Å². The maximum absolute atomic E-state index is 13.9. The van der Waals surface area contributed by atoms with Crippen LogP contribution in [-0.2, 0) is 19.1 Å². The normalized spacial score (nSPS) is 26.0. The fourth-order valence-corrected chi connectivity index (χ4v) is 5.81. The predicted octanol–water partition coefficient (Wildman–Crippen LogP) is 3.31. The second-order valence-electron chi connectivity index (χ2n) is 8.81. The number of esters is 1. The molecule has 2 aromatic carbocycles. The van der Waals surface area contributed by atoms with Crippen LogP contribution in [0.4, 0.5) is 5.69 Å². The van der Waals surface area contributed by atoms with Crippen LogP contribution in [0.2, 0.25) is 0 Å². The average molecular weight is 481 g/mol. The number of aryl methyl sites for hydroxylation is 1. The Morgan fingerprint density at radius 3 is 2.50 bits per heavy atom. The third-order valence-corrected chi connectivity index (χ3v) is 7.55. The number of ketones is 1. The molecule has 2 fully saturated rings. The molecule has 7 nitrogen and oxygen atoms in total. The van der Waals surface area contributed by atoms with Gasteiger partial charge in [-0.15, -0.1) is 0 Å². The number of imide groups is 1. The zero-order valence-electron chi connectivity index (χ0n) is 19.7. The molecule has 0 bridgehead atoms. The molecule has 2 aliphatic rings. The molecule has 0 aromatic heterocycles. The van der Waals surface area contributed by atoms with Crippen LogP contribution in [0, 0.1) is 18.8 Å². The van der Waals surface area contributed by atoms with Gasteiger partial charge in [-0.3, -0.25) is 24.5 Å². The smallest absolute Gasteiger partial charge is 0.326 e. The van der Waals surface area contributed by atoms with Gasteiger partial charge in [0.25, 0.3) is 0 Å². The number of anilines is 1. The monoisotopic (exact) mass is 480 g/mol. The van der Waals surface area contributed by atoms with Crippen LogP contribution < -0.4 is 10.2 Å². The predicted molar refractivity (Wildman–Crippen MR) is 131 cm³/mol. The number of methoxy groups -OCH3 is 1. The summed E-state index contributed by atoms with van der Waals surface area (Å²) in [7, 11) is 1.30. The molecule has 0 unspecified atom stereocenters. The van der Waals surface area contributed by atoms with Crippen molar-refractivity contribution in [1.82, 2.24) is 5.32 Å². The number of hydrogen-bond acceptors (Lipinski definition) is 7. The van der Waals surface area contributed by atoms with Gasteiger partial charge in [0.1, 0.15) is 5.54 Å².